The molecule has 0 bridgehead atoms. The van der Waals surface area contributed by atoms with Crippen LogP contribution in [0.15, 0.2) is 33.7 Å². The van der Waals surface area contributed by atoms with Crippen molar-refractivity contribution in [2.45, 2.75) is 26.8 Å². The number of nitrogens with one attached hydrogen (secondary N) is 2. The van der Waals surface area contributed by atoms with E-state index in [4.69, 9.17) is 0 Å². The van der Waals surface area contributed by atoms with Crippen LogP contribution in [0.25, 0.3) is 0 Å². The van der Waals surface area contributed by atoms with Crippen LogP contribution in [0, 0.1) is 19.8 Å². The summed E-state index contributed by atoms with van der Waals surface area (Å²) >= 11 is 5.24. The number of thiazole rings is 1. The van der Waals surface area contributed by atoms with Crippen LogP contribution in [-0.4, -0.2) is 37.6 Å². The Morgan fingerprint density at radius 2 is 2.04 bits per heavy atom. The van der Waals surface area contributed by atoms with Gasteiger partial charge in [0.1, 0.15) is 5.01 Å². The summed E-state index contributed by atoms with van der Waals surface area (Å²) in [5, 5.41) is 7.94. The van der Waals surface area contributed by atoms with Gasteiger partial charge in [-0.15, -0.1) is 35.3 Å². The summed E-state index contributed by atoms with van der Waals surface area (Å²) in [4.78, 5) is 12.6. The minimum Gasteiger partial charge on any atom is -0.371 e. The lowest BCUT2D eigenvalue weighted by Gasteiger charge is -2.19. The molecule has 2 aromatic rings. The highest BCUT2D eigenvalue weighted by Crippen LogP contribution is 2.25. The fourth-order valence-electron chi connectivity index (χ4n) is 3.12. The second-order valence-corrected chi connectivity index (χ2v) is 8.84. The predicted octanol–water partition coefficient (Wildman–Crippen LogP) is 4.33. The van der Waals surface area contributed by atoms with Gasteiger partial charge in [-0.05, 0) is 50.5 Å². The van der Waals surface area contributed by atoms with Gasteiger partial charge in [0.05, 0.1) is 12.2 Å². The standard InChI is InChI=1S/C19H26BrN5S.HI/c1-13-14(2)26-18(24-13)11-23-19(21-3)22-10-15-8-9-25(12-15)17-6-4-16(20)5-7-17;/h4-7,15H,8-12H2,1-3H3,(H2,21,22,23);1H. The van der Waals surface area contributed by atoms with Gasteiger partial charge >= 0.3 is 0 Å². The number of hydrogen-bond acceptors (Lipinski definition) is 4. The molecule has 0 spiro atoms. The molecule has 1 saturated heterocycles. The van der Waals surface area contributed by atoms with E-state index in [1.54, 1.807) is 11.3 Å². The van der Waals surface area contributed by atoms with E-state index in [1.165, 1.54) is 17.0 Å². The maximum Gasteiger partial charge on any atom is 0.191 e. The lowest BCUT2D eigenvalue weighted by molar-refractivity contribution is 0.565. The summed E-state index contributed by atoms with van der Waals surface area (Å²) in [7, 11) is 1.82. The van der Waals surface area contributed by atoms with Crippen LogP contribution >= 0.6 is 51.2 Å². The maximum absolute atomic E-state index is 4.57. The molecule has 0 amide bonds. The molecule has 148 valence electrons. The van der Waals surface area contributed by atoms with Crippen molar-refractivity contribution in [1.82, 2.24) is 15.6 Å². The van der Waals surface area contributed by atoms with E-state index in [1.807, 2.05) is 7.05 Å². The molecule has 0 aliphatic carbocycles. The zero-order valence-electron chi connectivity index (χ0n) is 16.0. The zero-order valence-corrected chi connectivity index (χ0v) is 20.7. The topological polar surface area (TPSA) is 52.6 Å². The van der Waals surface area contributed by atoms with Crippen molar-refractivity contribution in [3.05, 3.63) is 44.3 Å². The third-order valence-corrected chi connectivity index (χ3v) is 6.34. The van der Waals surface area contributed by atoms with E-state index < -0.39 is 0 Å². The van der Waals surface area contributed by atoms with E-state index in [9.17, 15) is 0 Å². The van der Waals surface area contributed by atoms with Gasteiger partial charge in [0.25, 0.3) is 0 Å². The molecule has 3 rings (SSSR count). The lowest BCUT2D eigenvalue weighted by Crippen LogP contribution is -2.39. The predicted molar refractivity (Wildman–Crippen MR) is 130 cm³/mol. The zero-order chi connectivity index (χ0) is 18.5. The monoisotopic (exact) mass is 563 g/mol. The third-order valence-electron chi connectivity index (χ3n) is 4.74. The van der Waals surface area contributed by atoms with Gasteiger partial charge in [-0.3, -0.25) is 4.99 Å². The first kappa shape index (κ1) is 22.4. The highest BCUT2D eigenvalue weighted by Gasteiger charge is 2.22. The highest BCUT2D eigenvalue weighted by molar-refractivity contribution is 14.0. The third kappa shape index (κ3) is 6.32. The molecule has 1 fully saturated rings. The molecule has 1 aromatic carbocycles. The van der Waals surface area contributed by atoms with Gasteiger partial charge in [0.2, 0.25) is 0 Å². The number of aryl methyl sites for hydroxylation is 2. The summed E-state index contributed by atoms with van der Waals surface area (Å²) < 4.78 is 1.12. The van der Waals surface area contributed by atoms with Crippen molar-refractivity contribution >= 4 is 62.9 Å². The molecule has 1 unspecified atom stereocenters. The lowest BCUT2D eigenvalue weighted by atomic mass is 10.1. The second kappa shape index (κ2) is 10.6. The Balaban J connectivity index is 0.00000261. The van der Waals surface area contributed by atoms with E-state index >= 15 is 0 Å². The quantitative estimate of drug-likeness (QED) is 0.323. The maximum atomic E-state index is 4.57. The Bertz CT molecular complexity index is 742. The number of benzene rings is 1. The number of hydrogen-bond donors (Lipinski definition) is 2. The van der Waals surface area contributed by atoms with Crippen molar-refractivity contribution in [2.75, 3.05) is 31.6 Å². The van der Waals surface area contributed by atoms with Crippen LogP contribution < -0.4 is 15.5 Å². The van der Waals surface area contributed by atoms with Crippen LogP contribution in [-0.2, 0) is 6.54 Å². The Morgan fingerprint density at radius 3 is 2.67 bits per heavy atom. The Kier molecular flexibility index (Phi) is 8.81. The van der Waals surface area contributed by atoms with Gasteiger partial charge < -0.3 is 15.5 Å². The van der Waals surface area contributed by atoms with Crippen LogP contribution in [0.3, 0.4) is 0 Å². The van der Waals surface area contributed by atoms with E-state index in [-0.39, 0.29) is 24.0 Å². The molecule has 1 aliphatic rings. The van der Waals surface area contributed by atoms with Gasteiger partial charge in [-0.25, -0.2) is 4.98 Å². The Morgan fingerprint density at radius 1 is 1.30 bits per heavy atom. The van der Waals surface area contributed by atoms with Gasteiger partial charge in [-0.1, -0.05) is 15.9 Å². The van der Waals surface area contributed by atoms with Crippen molar-refractivity contribution < 1.29 is 0 Å². The number of nitrogens with zero attached hydrogens (tertiary/aromatic N) is 3. The van der Waals surface area contributed by atoms with E-state index in [0.29, 0.717) is 12.5 Å². The first-order valence-corrected chi connectivity index (χ1v) is 10.5. The van der Waals surface area contributed by atoms with Crippen LogP contribution in [0.2, 0.25) is 0 Å². The molecule has 1 aliphatic heterocycles. The number of guanidine groups is 1. The molecule has 0 saturated carbocycles. The van der Waals surface area contributed by atoms with E-state index in [2.05, 4.69) is 79.6 Å². The van der Waals surface area contributed by atoms with Gasteiger partial charge in [-0.2, -0.15) is 0 Å². The molecule has 27 heavy (non-hydrogen) atoms. The molecular formula is C19H27BrIN5S. The number of halogens is 2. The first-order chi connectivity index (χ1) is 12.5. The minimum atomic E-state index is 0. The summed E-state index contributed by atoms with van der Waals surface area (Å²) in [5.74, 6) is 1.47. The van der Waals surface area contributed by atoms with Crippen molar-refractivity contribution in [2.24, 2.45) is 10.9 Å². The van der Waals surface area contributed by atoms with Crippen LogP contribution in [0.1, 0.15) is 22.0 Å². The fraction of sp³-hybridized carbons (Fsp3) is 0.474. The largest absolute Gasteiger partial charge is 0.371 e. The Labute approximate surface area is 191 Å². The molecular weight excluding hydrogens is 537 g/mol. The second-order valence-electron chi connectivity index (χ2n) is 6.63. The van der Waals surface area contributed by atoms with Crippen LogP contribution in [0.4, 0.5) is 5.69 Å². The molecule has 8 heteroatoms. The summed E-state index contributed by atoms with van der Waals surface area (Å²) in [6, 6.07) is 8.57. The smallest absolute Gasteiger partial charge is 0.191 e. The molecule has 1 atom stereocenters. The summed E-state index contributed by atoms with van der Waals surface area (Å²) in [6.45, 7) is 8.01. The number of anilines is 1. The molecule has 2 N–H and O–H groups in total. The normalized spacial score (nSPS) is 17.0. The van der Waals surface area contributed by atoms with Gasteiger partial charge in [0, 0.05) is 41.7 Å². The number of rotatable bonds is 5. The average Bonchev–Trinajstić information content (AvgIpc) is 3.23. The molecule has 5 nitrogen and oxygen atoms in total. The summed E-state index contributed by atoms with van der Waals surface area (Å²) in [5.41, 5.74) is 2.42. The molecule has 0 radical (unpaired) electrons. The Hall–Kier alpha value is -0.870. The SMILES string of the molecule is CN=C(NCc1nc(C)c(C)s1)NCC1CCN(c2ccc(Br)cc2)C1.I. The van der Waals surface area contributed by atoms with Crippen LogP contribution in [0.5, 0.6) is 0 Å². The molecule has 1 aromatic heterocycles. The fourth-order valence-corrected chi connectivity index (χ4v) is 4.26. The van der Waals surface area contributed by atoms with Crippen molar-refractivity contribution in [3.63, 3.8) is 0 Å². The number of aliphatic imine (C=N–C) groups is 1. The van der Waals surface area contributed by atoms with E-state index in [0.717, 1.165) is 40.8 Å². The van der Waals surface area contributed by atoms with Crippen molar-refractivity contribution in [3.8, 4) is 0 Å². The summed E-state index contributed by atoms with van der Waals surface area (Å²) in [6.07, 6.45) is 1.20. The van der Waals surface area contributed by atoms with Crippen molar-refractivity contribution in [1.29, 1.82) is 0 Å². The molecule has 2 heterocycles. The number of aromatic nitrogens is 1. The highest BCUT2D eigenvalue weighted by atomic mass is 127. The van der Waals surface area contributed by atoms with Gasteiger partial charge in [0.15, 0.2) is 5.96 Å². The first-order valence-electron chi connectivity index (χ1n) is 8.93. The minimum absolute atomic E-state index is 0. The average molecular weight is 564 g/mol.